The predicted octanol–water partition coefficient (Wildman–Crippen LogP) is 2.06. The van der Waals surface area contributed by atoms with E-state index in [0.717, 1.165) is 37.6 Å². The molecule has 1 saturated heterocycles. The zero-order chi connectivity index (χ0) is 13.8. The summed E-state index contributed by atoms with van der Waals surface area (Å²) in [5.74, 6) is 1.02. The van der Waals surface area contributed by atoms with Gasteiger partial charge in [0.2, 0.25) is 0 Å². The van der Waals surface area contributed by atoms with Crippen LogP contribution in [0.3, 0.4) is 0 Å². The highest BCUT2D eigenvalue weighted by molar-refractivity contribution is 5.40. The molecule has 2 atom stereocenters. The predicted molar refractivity (Wildman–Crippen MR) is 78.4 cm³/mol. The number of anilines is 1. The molecule has 1 aliphatic heterocycles. The Balaban J connectivity index is 1.94. The van der Waals surface area contributed by atoms with E-state index in [1.807, 2.05) is 12.1 Å². The van der Waals surface area contributed by atoms with Gasteiger partial charge in [0.1, 0.15) is 5.82 Å². The molecule has 2 unspecified atom stereocenters. The van der Waals surface area contributed by atoms with E-state index in [-0.39, 0.29) is 0 Å². The summed E-state index contributed by atoms with van der Waals surface area (Å²) in [4.78, 5) is 9.33. The van der Waals surface area contributed by atoms with Crippen LogP contribution in [0.25, 0.3) is 0 Å². The fourth-order valence-electron chi connectivity index (χ4n) is 2.48. The molecule has 1 fully saturated rings. The van der Waals surface area contributed by atoms with Crippen LogP contribution in [0, 0.1) is 0 Å². The molecule has 106 valence electrons. The summed E-state index contributed by atoms with van der Waals surface area (Å²) in [5.41, 5.74) is 0.877. The monoisotopic (exact) mass is 263 g/mol. The Kier molecular flexibility index (Phi) is 4.77. The van der Waals surface area contributed by atoms with Crippen LogP contribution in [0.15, 0.2) is 18.3 Å². The Hall–Kier alpha value is -1.13. The summed E-state index contributed by atoms with van der Waals surface area (Å²) in [6, 6.07) is 4.65. The highest BCUT2D eigenvalue weighted by atomic mass is 16.3. The van der Waals surface area contributed by atoms with Crippen molar-refractivity contribution in [3.8, 4) is 0 Å². The molecule has 1 aromatic rings. The standard InChI is InChI=1S/C15H25N3O/c1-4-12(2)17-7-9-18(10-8-17)15-6-5-14(11-16-15)13(3)19/h5-6,11-13,19H,4,7-10H2,1-3H3. The fraction of sp³-hybridized carbons (Fsp3) is 0.667. The SMILES string of the molecule is CCC(C)N1CCN(c2ccc(C(C)O)cn2)CC1. The van der Waals surface area contributed by atoms with Gasteiger partial charge in [-0.05, 0) is 31.9 Å². The lowest BCUT2D eigenvalue weighted by Gasteiger charge is -2.38. The van der Waals surface area contributed by atoms with E-state index >= 15 is 0 Å². The molecular weight excluding hydrogens is 238 g/mol. The van der Waals surface area contributed by atoms with Crippen molar-refractivity contribution in [2.45, 2.75) is 39.3 Å². The van der Waals surface area contributed by atoms with Crippen LogP contribution in [0.4, 0.5) is 5.82 Å². The summed E-state index contributed by atoms with van der Waals surface area (Å²) < 4.78 is 0. The first kappa shape index (κ1) is 14.3. The van der Waals surface area contributed by atoms with Gasteiger partial charge in [-0.15, -0.1) is 0 Å². The van der Waals surface area contributed by atoms with Crippen molar-refractivity contribution in [3.63, 3.8) is 0 Å². The number of nitrogens with zero attached hydrogens (tertiary/aromatic N) is 3. The second-order valence-electron chi connectivity index (χ2n) is 5.41. The van der Waals surface area contributed by atoms with E-state index in [4.69, 9.17) is 0 Å². The molecule has 0 radical (unpaired) electrons. The zero-order valence-electron chi connectivity index (χ0n) is 12.2. The van der Waals surface area contributed by atoms with Crippen molar-refractivity contribution in [2.24, 2.45) is 0 Å². The van der Waals surface area contributed by atoms with Crippen LogP contribution in [-0.4, -0.2) is 47.2 Å². The molecule has 2 heterocycles. The average molecular weight is 263 g/mol. The number of piperazine rings is 1. The van der Waals surface area contributed by atoms with Crippen molar-refractivity contribution in [1.82, 2.24) is 9.88 Å². The van der Waals surface area contributed by atoms with E-state index in [0.29, 0.717) is 6.04 Å². The van der Waals surface area contributed by atoms with E-state index in [2.05, 4.69) is 28.6 Å². The maximum atomic E-state index is 9.49. The topological polar surface area (TPSA) is 39.6 Å². The van der Waals surface area contributed by atoms with Gasteiger partial charge in [-0.25, -0.2) is 4.98 Å². The van der Waals surface area contributed by atoms with Gasteiger partial charge in [0.05, 0.1) is 6.10 Å². The van der Waals surface area contributed by atoms with E-state index in [1.54, 1.807) is 13.1 Å². The Morgan fingerprint density at radius 1 is 1.21 bits per heavy atom. The van der Waals surface area contributed by atoms with Crippen molar-refractivity contribution in [2.75, 3.05) is 31.1 Å². The van der Waals surface area contributed by atoms with Gasteiger partial charge in [0.15, 0.2) is 0 Å². The Morgan fingerprint density at radius 3 is 2.37 bits per heavy atom. The number of aromatic nitrogens is 1. The van der Waals surface area contributed by atoms with Crippen LogP contribution < -0.4 is 4.90 Å². The average Bonchev–Trinajstić information content (AvgIpc) is 2.46. The first-order chi connectivity index (χ1) is 9.11. The largest absolute Gasteiger partial charge is 0.389 e. The molecule has 1 aliphatic rings. The summed E-state index contributed by atoms with van der Waals surface area (Å²) >= 11 is 0. The number of hydrogen-bond acceptors (Lipinski definition) is 4. The number of aliphatic hydroxyl groups excluding tert-OH is 1. The van der Waals surface area contributed by atoms with Crippen LogP contribution in [0.1, 0.15) is 38.9 Å². The Labute approximate surface area is 116 Å². The first-order valence-electron chi connectivity index (χ1n) is 7.24. The number of hydrogen-bond donors (Lipinski definition) is 1. The third-order valence-electron chi connectivity index (χ3n) is 4.11. The molecule has 0 aliphatic carbocycles. The van der Waals surface area contributed by atoms with Gasteiger partial charge in [-0.2, -0.15) is 0 Å². The zero-order valence-corrected chi connectivity index (χ0v) is 12.2. The Morgan fingerprint density at radius 2 is 1.89 bits per heavy atom. The molecule has 0 saturated carbocycles. The van der Waals surface area contributed by atoms with Crippen molar-refractivity contribution in [3.05, 3.63) is 23.9 Å². The van der Waals surface area contributed by atoms with Gasteiger partial charge in [0.25, 0.3) is 0 Å². The van der Waals surface area contributed by atoms with Gasteiger partial charge in [-0.3, -0.25) is 4.90 Å². The number of pyridine rings is 1. The second kappa shape index (κ2) is 6.35. The molecule has 0 spiro atoms. The molecule has 0 amide bonds. The minimum absolute atomic E-state index is 0.441. The molecule has 1 aromatic heterocycles. The lowest BCUT2D eigenvalue weighted by atomic mass is 10.1. The van der Waals surface area contributed by atoms with Crippen LogP contribution in [0.5, 0.6) is 0 Å². The van der Waals surface area contributed by atoms with Crippen molar-refractivity contribution < 1.29 is 5.11 Å². The minimum Gasteiger partial charge on any atom is -0.389 e. The van der Waals surface area contributed by atoms with Crippen LogP contribution in [-0.2, 0) is 0 Å². The van der Waals surface area contributed by atoms with Gasteiger partial charge in [-0.1, -0.05) is 13.0 Å². The highest BCUT2D eigenvalue weighted by Gasteiger charge is 2.20. The van der Waals surface area contributed by atoms with Crippen molar-refractivity contribution >= 4 is 5.82 Å². The van der Waals surface area contributed by atoms with Crippen LogP contribution >= 0.6 is 0 Å². The maximum absolute atomic E-state index is 9.49. The quantitative estimate of drug-likeness (QED) is 0.902. The number of aliphatic hydroxyl groups is 1. The Bertz CT molecular complexity index is 383. The first-order valence-corrected chi connectivity index (χ1v) is 7.24. The van der Waals surface area contributed by atoms with E-state index in [1.165, 1.54) is 6.42 Å². The second-order valence-corrected chi connectivity index (χ2v) is 5.41. The molecular formula is C15H25N3O. The maximum Gasteiger partial charge on any atom is 0.128 e. The smallest absolute Gasteiger partial charge is 0.128 e. The van der Waals surface area contributed by atoms with Gasteiger partial charge in [0, 0.05) is 38.4 Å². The normalized spacial score (nSPS) is 20.3. The summed E-state index contributed by atoms with van der Waals surface area (Å²) in [5, 5.41) is 9.49. The molecule has 0 bridgehead atoms. The fourth-order valence-corrected chi connectivity index (χ4v) is 2.48. The molecule has 2 rings (SSSR count). The molecule has 0 aromatic carbocycles. The third-order valence-corrected chi connectivity index (χ3v) is 4.11. The number of rotatable bonds is 4. The van der Waals surface area contributed by atoms with Crippen LogP contribution in [0.2, 0.25) is 0 Å². The highest BCUT2D eigenvalue weighted by Crippen LogP contribution is 2.18. The molecule has 4 heteroatoms. The van der Waals surface area contributed by atoms with Gasteiger partial charge >= 0.3 is 0 Å². The summed E-state index contributed by atoms with van der Waals surface area (Å²) in [7, 11) is 0. The summed E-state index contributed by atoms with van der Waals surface area (Å²) in [6.45, 7) is 10.6. The van der Waals surface area contributed by atoms with E-state index in [9.17, 15) is 5.11 Å². The lowest BCUT2D eigenvalue weighted by molar-refractivity contribution is 0.192. The van der Waals surface area contributed by atoms with Crippen molar-refractivity contribution in [1.29, 1.82) is 0 Å². The van der Waals surface area contributed by atoms with E-state index < -0.39 is 6.10 Å². The molecule has 1 N–H and O–H groups in total. The molecule has 4 nitrogen and oxygen atoms in total. The third kappa shape index (κ3) is 3.45. The minimum atomic E-state index is -0.441. The lowest BCUT2D eigenvalue weighted by Crippen LogP contribution is -2.49. The van der Waals surface area contributed by atoms with Gasteiger partial charge < -0.3 is 10.0 Å². The molecule has 19 heavy (non-hydrogen) atoms. The summed E-state index contributed by atoms with van der Waals surface area (Å²) in [6.07, 6.45) is 2.55.